The molecule has 0 aromatic rings. The fraction of sp³-hybridized carbons (Fsp3) is 0.818. The van der Waals surface area contributed by atoms with Crippen LogP contribution in [0.5, 0.6) is 0 Å². The lowest BCUT2D eigenvalue weighted by atomic mass is 10.1. The molecule has 0 radical (unpaired) electrons. The van der Waals surface area contributed by atoms with E-state index in [1.807, 2.05) is 11.9 Å². The number of nitrogens with one attached hydrogen (secondary N) is 1. The molecule has 2 fully saturated rings. The van der Waals surface area contributed by atoms with Crippen molar-refractivity contribution in [3.63, 3.8) is 0 Å². The number of carbonyl (C=O) groups is 2. The lowest BCUT2D eigenvalue weighted by Gasteiger charge is -2.31. The zero-order valence-electron chi connectivity index (χ0n) is 10.1. The first-order chi connectivity index (χ1) is 8.18. The summed E-state index contributed by atoms with van der Waals surface area (Å²) in [7, 11) is 1.93. The fourth-order valence-corrected chi connectivity index (χ4v) is 2.26. The van der Waals surface area contributed by atoms with Gasteiger partial charge in [-0.1, -0.05) is 0 Å². The van der Waals surface area contributed by atoms with E-state index >= 15 is 0 Å². The summed E-state index contributed by atoms with van der Waals surface area (Å²) in [6, 6.07) is 0.381. The van der Waals surface area contributed by atoms with E-state index in [4.69, 9.17) is 4.74 Å². The van der Waals surface area contributed by atoms with Gasteiger partial charge in [0.15, 0.2) is 0 Å². The second kappa shape index (κ2) is 5.46. The maximum absolute atomic E-state index is 11.9. The van der Waals surface area contributed by atoms with Gasteiger partial charge >= 0.3 is 6.09 Å². The summed E-state index contributed by atoms with van der Waals surface area (Å²) < 4.78 is 4.75. The van der Waals surface area contributed by atoms with Gasteiger partial charge in [0.25, 0.3) is 0 Å². The summed E-state index contributed by atoms with van der Waals surface area (Å²) in [6.45, 7) is 2.94. The average molecular weight is 241 g/mol. The van der Waals surface area contributed by atoms with E-state index in [1.54, 1.807) is 0 Å². The Morgan fingerprint density at radius 2 is 2.47 bits per heavy atom. The summed E-state index contributed by atoms with van der Waals surface area (Å²) >= 11 is 0. The number of hydrogen-bond acceptors (Lipinski definition) is 5. The van der Waals surface area contributed by atoms with E-state index in [0.29, 0.717) is 19.2 Å². The molecular formula is C11H19N3O3. The van der Waals surface area contributed by atoms with Crippen LogP contribution in [0.25, 0.3) is 0 Å². The molecule has 1 atom stereocenters. The van der Waals surface area contributed by atoms with Crippen LogP contribution < -0.4 is 5.32 Å². The number of rotatable bonds is 3. The second-order valence-electron chi connectivity index (χ2n) is 4.58. The Morgan fingerprint density at radius 3 is 3.06 bits per heavy atom. The van der Waals surface area contributed by atoms with Crippen LogP contribution in [0.1, 0.15) is 12.8 Å². The number of cyclic esters (lactones) is 1. The molecule has 17 heavy (non-hydrogen) atoms. The zero-order chi connectivity index (χ0) is 12.3. The molecule has 6 nitrogen and oxygen atoms in total. The van der Waals surface area contributed by atoms with Crippen LogP contribution in [0.3, 0.4) is 0 Å². The molecule has 1 N–H and O–H groups in total. The first-order valence-electron chi connectivity index (χ1n) is 6.06. The third-order valence-electron chi connectivity index (χ3n) is 3.34. The summed E-state index contributed by atoms with van der Waals surface area (Å²) in [5, 5.41) is 3.31. The van der Waals surface area contributed by atoms with Crippen LogP contribution in [-0.2, 0) is 9.53 Å². The Balaban J connectivity index is 1.82. The van der Waals surface area contributed by atoms with Crippen LogP contribution in [0, 0.1) is 0 Å². The molecule has 2 heterocycles. The van der Waals surface area contributed by atoms with Gasteiger partial charge in [0.2, 0.25) is 5.91 Å². The normalized spacial score (nSPS) is 25.2. The molecule has 0 saturated carbocycles. The molecule has 2 saturated heterocycles. The van der Waals surface area contributed by atoms with Gasteiger partial charge in [-0.2, -0.15) is 0 Å². The van der Waals surface area contributed by atoms with Crippen LogP contribution >= 0.6 is 0 Å². The van der Waals surface area contributed by atoms with E-state index in [0.717, 1.165) is 25.9 Å². The first-order valence-corrected chi connectivity index (χ1v) is 6.06. The minimum absolute atomic E-state index is 0.166. The van der Waals surface area contributed by atoms with E-state index in [1.165, 1.54) is 4.90 Å². The first kappa shape index (κ1) is 12.3. The predicted molar refractivity (Wildman–Crippen MR) is 61.6 cm³/mol. The monoisotopic (exact) mass is 241 g/mol. The van der Waals surface area contributed by atoms with Crippen LogP contribution in [0.15, 0.2) is 0 Å². The van der Waals surface area contributed by atoms with Gasteiger partial charge in [-0.15, -0.1) is 0 Å². The Morgan fingerprint density at radius 1 is 1.65 bits per heavy atom. The molecular weight excluding hydrogens is 222 g/mol. The lowest BCUT2D eigenvalue weighted by Crippen LogP contribution is -2.48. The summed E-state index contributed by atoms with van der Waals surface area (Å²) in [5.41, 5.74) is 0. The highest BCUT2D eigenvalue weighted by molar-refractivity contribution is 5.94. The summed E-state index contributed by atoms with van der Waals surface area (Å²) in [6.07, 6.45) is 1.72. The SMILES string of the molecule is CN(CC(=O)N1CCOC1=O)C1CCCNC1. The smallest absolute Gasteiger partial charge is 0.416 e. The maximum Gasteiger partial charge on any atom is 0.416 e. The van der Waals surface area contributed by atoms with Crippen molar-refractivity contribution in [3.8, 4) is 0 Å². The summed E-state index contributed by atoms with van der Waals surface area (Å²) in [5.74, 6) is -0.166. The molecule has 2 aliphatic rings. The lowest BCUT2D eigenvalue weighted by molar-refractivity contribution is -0.129. The largest absolute Gasteiger partial charge is 0.447 e. The molecule has 2 aliphatic heterocycles. The number of piperidine rings is 1. The van der Waals surface area contributed by atoms with Crippen LogP contribution in [0.2, 0.25) is 0 Å². The number of nitrogens with zero attached hydrogens (tertiary/aromatic N) is 2. The number of ether oxygens (including phenoxy) is 1. The highest BCUT2D eigenvalue weighted by Crippen LogP contribution is 2.10. The Kier molecular flexibility index (Phi) is 3.96. The van der Waals surface area contributed by atoms with E-state index < -0.39 is 6.09 Å². The van der Waals surface area contributed by atoms with Crippen molar-refractivity contribution in [2.75, 3.05) is 39.8 Å². The van der Waals surface area contributed by atoms with Gasteiger partial charge in [0.05, 0.1) is 13.1 Å². The maximum atomic E-state index is 11.9. The number of imide groups is 1. The van der Waals surface area contributed by atoms with Crippen molar-refractivity contribution >= 4 is 12.0 Å². The topological polar surface area (TPSA) is 61.9 Å². The van der Waals surface area contributed by atoms with Crippen molar-refractivity contribution in [3.05, 3.63) is 0 Å². The number of carbonyl (C=O) groups excluding carboxylic acids is 2. The van der Waals surface area contributed by atoms with Crippen molar-refractivity contribution in [2.45, 2.75) is 18.9 Å². The van der Waals surface area contributed by atoms with Gasteiger partial charge in [-0.25, -0.2) is 9.69 Å². The Labute approximate surface area is 101 Å². The van der Waals surface area contributed by atoms with Gasteiger partial charge < -0.3 is 10.1 Å². The van der Waals surface area contributed by atoms with Crippen LogP contribution in [0.4, 0.5) is 4.79 Å². The van der Waals surface area contributed by atoms with Gasteiger partial charge in [-0.05, 0) is 26.4 Å². The fourth-order valence-electron chi connectivity index (χ4n) is 2.26. The molecule has 0 bridgehead atoms. The highest BCUT2D eigenvalue weighted by atomic mass is 16.6. The number of likely N-dealkylation sites (N-methyl/N-ethyl adjacent to an activating group) is 1. The van der Waals surface area contributed by atoms with Gasteiger partial charge in [0, 0.05) is 12.6 Å². The van der Waals surface area contributed by atoms with Crippen molar-refractivity contribution in [1.29, 1.82) is 0 Å². The zero-order valence-corrected chi connectivity index (χ0v) is 10.1. The molecule has 0 aliphatic carbocycles. The number of hydrogen-bond donors (Lipinski definition) is 1. The molecule has 6 heteroatoms. The molecule has 2 amide bonds. The second-order valence-corrected chi connectivity index (χ2v) is 4.58. The van der Waals surface area contributed by atoms with Gasteiger partial charge in [-0.3, -0.25) is 9.69 Å². The van der Waals surface area contributed by atoms with E-state index in [9.17, 15) is 9.59 Å². The molecule has 0 spiro atoms. The summed E-state index contributed by atoms with van der Waals surface area (Å²) in [4.78, 5) is 26.3. The average Bonchev–Trinajstić information content (AvgIpc) is 2.76. The Hall–Kier alpha value is -1.14. The third-order valence-corrected chi connectivity index (χ3v) is 3.34. The minimum Gasteiger partial charge on any atom is -0.447 e. The van der Waals surface area contributed by atoms with Crippen molar-refractivity contribution in [1.82, 2.24) is 15.1 Å². The van der Waals surface area contributed by atoms with E-state index in [2.05, 4.69) is 5.32 Å². The molecule has 0 aromatic carbocycles. The van der Waals surface area contributed by atoms with E-state index in [-0.39, 0.29) is 12.5 Å². The molecule has 2 rings (SSSR count). The highest BCUT2D eigenvalue weighted by Gasteiger charge is 2.30. The predicted octanol–water partition coefficient (Wildman–Crippen LogP) is -0.351. The van der Waals surface area contributed by atoms with Crippen molar-refractivity contribution in [2.24, 2.45) is 0 Å². The quantitative estimate of drug-likeness (QED) is 0.731. The van der Waals surface area contributed by atoms with Gasteiger partial charge in [0.1, 0.15) is 6.61 Å². The third kappa shape index (κ3) is 2.95. The minimum atomic E-state index is -0.509. The molecule has 1 unspecified atom stereocenters. The molecule has 0 aromatic heterocycles. The standard InChI is InChI=1S/C11H19N3O3/c1-13(9-3-2-4-12-7-9)8-10(15)14-5-6-17-11(14)16/h9,12H,2-8H2,1H3. The van der Waals surface area contributed by atoms with Crippen molar-refractivity contribution < 1.29 is 14.3 Å². The molecule has 96 valence electrons. The Bertz CT molecular complexity index is 302. The number of amides is 2. The van der Waals surface area contributed by atoms with Crippen LogP contribution in [-0.4, -0.2) is 67.7 Å².